The van der Waals surface area contributed by atoms with Crippen molar-refractivity contribution in [1.29, 1.82) is 0 Å². The van der Waals surface area contributed by atoms with Crippen LogP contribution in [-0.2, 0) is 0 Å². The van der Waals surface area contributed by atoms with Crippen LogP contribution in [0.2, 0.25) is 5.02 Å². The molecule has 2 aromatic rings. The van der Waals surface area contributed by atoms with Crippen molar-refractivity contribution in [2.24, 2.45) is 5.73 Å². The molecule has 0 aliphatic heterocycles. The lowest BCUT2D eigenvalue weighted by molar-refractivity contribution is 0.415. The van der Waals surface area contributed by atoms with Crippen LogP contribution in [-0.4, -0.2) is 18.6 Å². The summed E-state index contributed by atoms with van der Waals surface area (Å²) in [7, 11) is 1.62. The van der Waals surface area contributed by atoms with E-state index in [1.165, 1.54) is 5.56 Å². The van der Waals surface area contributed by atoms with Crippen molar-refractivity contribution in [3.05, 3.63) is 28.9 Å². The fourth-order valence-electron chi connectivity index (χ4n) is 1.84. The highest BCUT2D eigenvalue weighted by Gasteiger charge is 2.12. The van der Waals surface area contributed by atoms with Crippen molar-refractivity contribution in [1.82, 2.24) is 4.98 Å². The van der Waals surface area contributed by atoms with Crippen LogP contribution >= 0.6 is 11.6 Å². The van der Waals surface area contributed by atoms with Crippen LogP contribution in [0.5, 0.6) is 5.75 Å². The van der Waals surface area contributed by atoms with Crippen molar-refractivity contribution in [2.45, 2.75) is 12.8 Å². The molecule has 2 rings (SSSR count). The standard InChI is InChI=1S/C12H15ClN2O/c1-7(5-14)9-6-15-11-4-10(13)12(16-2)3-8(9)11/h3-4,6-7,15H,5,14H2,1-2H3. The second kappa shape index (κ2) is 4.36. The zero-order valence-corrected chi connectivity index (χ0v) is 10.1. The molecule has 86 valence electrons. The fraction of sp³-hybridized carbons (Fsp3) is 0.333. The highest BCUT2D eigenvalue weighted by molar-refractivity contribution is 6.32. The van der Waals surface area contributed by atoms with Gasteiger partial charge in [0.2, 0.25) is 0 Å². The molecule has 0 spiro atoms. The van der Waals surface area contributed by atoms with Gasteiger partial charge in [0.15, 0.2) is 0 Å². The molecular weight excluding hydrogens is 224 g/mol. The second-order valence-corrected chi connectivity index (χ2v) is 4.32. The minimum Gasteiger partial charge on any atom is -0.495 e. The summed E-state index contributed by atoms with van der Waals surface area (Å²) in [5.74, 6) is 1.01. The van der Waals surface area contributed by atoms with Gasteiger partial charge in [-0.15, -0.1) is 0 Å². The number of aromatic amines is 1. The van der Waals surface area contributed by atoms with E-state index in [0.717, 1.165) is 10.9 Å². The maximum Gasteiger partial charge on any atom is 0.138 e. The number of H-pyrrole nitrogens is 1. The molecule has 1 atom stereocenters. The van der Waals surface area contributed by atoms with Gasteiger partial charge in [-0.05, 0) is 30.2 Å². The summed E-state index contributed by atoms with van der Waals surface area (Å²) < 4.78 is 5.21. The monoisotopic (exact) mass is 238 g/mol. The van der Waals surface area contributed by atoms with Crippen molar-refractivity contribution >= 4 is 22.5 Å². The topological polar surface area (TPSA) is 51.0 Å². The molecule has 3 N–H and O–H groups in total. The lowest BCUT2D eigenvalue weighted by Crippen LogP contribution is -2.08. The second-order valence-electron chi connectivity index (χ2n) is 3.91. The van der Waals surface area contributed by atoms with E-state index in [4.69, 9.17) is 22.1 Å². The Balaban J connectivity index is 2.62. The minimum atomic E-state index is 0.319. The van der Waals surface area contributed by atoms with Gasteiger partial charge in [0.25, 0.3) is 0 Å². The van der Waals surface area contributed by atoms with Crippen LogP contribution in [0.3, 0.4) is 0 Å². The molecule has 16 heavy (non-hydrogen) atoms. The van der Waals surface area contributed by atoms with Crippen LogP contribution in [0, 0.1) is 0 Å². The third-order valence-electron chi connectivity index (χ3n) is 2.87. The molecule has 0 aliphatic carbocycles. The summed E-state index contributed by atoms with van der Waals surface area (Å²) in [5.41, 5.74) is 7.90. The molecule has 1 heterocycles. The molecule has 0 fully saturated rings. The van der Waals surface area contributed by atoms with Crippen molar-refractivity contribution in [3.8, 4) is 5.75 Å². The quantitative estimate of drug-likeness (QED) is 0.864. The van der Waals surface area contributed by atoms with E-state index in [0.29, 0.717) is 23.2 Å². The lowest BCUT2D eigenvalue weighted by Gasteiger charge is -2.08. The Labute approximate surface area is 99.5 Å². The maximum atomic E-state index is 6.06. The molecular formula is C12H15ClN2O. The highest BCUT2D eigenvalue weighted by Crippen LogP contribution is 2.33. The Morgan fingerprint density at radius 2 is 2.25 bits per heavy atom. The van der Waals surface area contributed by atoms with Crippen molar-refractivity contribution < 1.29 is 4.74 Å². The van der Waals surface area contributed by atoms with Crippen LogP contribution < -0.4 is 10.5 Å². The highest BCUT2D eigenvalue weighted by atomic mass is 35.5. The number of ether oxygens (including phenoxy) is 1. The van der Waals surface area contributed by atoms with E-state index in [-0.39, 0.29) is 0 Å². The van der Waals surface area contributed by atoms with Gasteiger partial charge >= 0.3 is 0 Å². The number of nitrogens with two attached hydrogens (primary N) is 1. The number of halogens is 1. The van der Waals surface area contributed by atoms with E-state index in [2.05, 4.69) is 11.9 Å². The fourth-order valence-corrected chi connectivity index (χ4v) is 2.08. The van der Waals surface area contributed by atoms with Gasteiger partial charge in [0.05, 0.1) is 12.1 Å². The predicted octanol–water partition coefficient (Wildman–Crippen LogP) is 2.89. The molecule has 1 aromatic carbocycles. The van der Waals surface area contributed by atoms with E-state index in [9.17, 15) is 0 Å². The van der Waals surface area contributed by atoms with Crippen LogP contribution in [0.25, 0.3) is 10.9 Å². The average molecular weight is 239 g/mol. The number of aromatic nitrogens is 1. The molecule has 0 amide bonds. The molecule has 1 unspecified atom stereocenters. The molecule has 0 saturated carbocycles. The summed E-state index contributed by atoms with van der Waals surface area (Å²) in [6, 6.07) is 3.83. The van der Waals surface area contributed by atoms with E-state index < -0.39 is 0 Å². The van der Waals surface area contributed by atoms with Gasteiger partial charge < -0.3 is 15.5 Å². The largest absolute Gasteiger partial charge is 0.495 e. The molecule has 0 saturated heterocycles. The van der Waals surface area contributed by atoms with Gasteiger partial charge in [0, 0.05) is 17.1 Å². The summed E-state index contributed by atoms with van der Waals surface area (Å²) in [4.78, 5) is 3.20. The van der Waals surface area contributed by atoms with E-state index in [1.54, 1.807) is 7.11 Å². The SMILES string of the molecule is COc1cc2c(C(C)CN)c[nH]c2cc1Cl. The zero-order chi connectivity index (χ0) is 11.7. The zero-order valence-electron chi connectivity index (χ0n) is 9.38. The smallest absolute Gasteiger partial charge is 0.138 e. The number of rotatable bonds is 3. The summed E-state index contributed by atoms with van der Waals surface area (Å²) in [6.45, 7) is 2.72. The Bertz CT molecular complexity index is 507. The molecule has 3 nitrogen and oxygen atoms in total. The first-order chi connectivity index (χ1) is 7.67. The van der Waals surface area contributed by atoms with Gasteiger partial charge in [-0.1, -0.05) is 18.5 Å². The first-order valence-corrected chi connectivity index (χ1v) is 5.59. The molecule has 1 aromatic heterocycles. The number of nitrogens with one attached hydrogen (secondary N) is 1. The molecule has 0 bridgehead atoms. The van der Waals surface area contributed by atoms with Crippen LogP contribution in [0.15, 0.2) is 18.3 Å². The van der Waals surface area contributed by atoms with E-state index >= 15 is 0 Å². The Hall–Kier alpha value is -1.19. The Kier molecular flexibility index (Phi) is 3.08. The molecule has 4 heteroatoms. The number of fused-ring (bicyclic) bond motifs is 1. The van der Waals surface area contributed by atoms with Crippen LogP contribution in [0.4, 0.5) is 0 Å². The average Bonchev–Trinajstić information content (AvgIpc) is 2.69. The maximum absolute atomic E-state index is 6.06. The number of benzene rings is 1. The third kappa shape index (κ3) is 1.77. The Morgan fingerprint density at radius 3 is 2.88 bits per heavy atom. The summed E-state index contributed by atoms with van der Waals surface area (Å²) in [5, 5.41) is 1.74. The third-order valence-corrected chi connectivity index (χ3v) is 3.17. The minimum absolute atomic E-state index is 0.319. The van der Waals surface area contributed by atoms with Gasteiger partial charge in [-0.25, -0.2) is 0 Å². The summed E-state index contributed by atoms with van der Waals surface area (Å²) >= 11 is 6.06. The first-order valence-electron chi connectivity index (χ1n) is 5.22. The number of methoxy groups -OCH3 is 1. The van der Waals surface area contributed by atoms with Gasteiger partial charge in [0.1, 0.15) is 5.75 Å². The number of hydrogen-bond acceptors (Lipinski definition) is 2. The predicted molar refractivity (Wildman–Crippen MR) is 67.3 cm³/mol. The van der Waals surface area contributed by atoms with Crippen LogP contribution in [0.1, 0.15) is 18.4 Å². The van der Waals surface area contributed by atoms with E-state index in [1.807, 2.05) is 18.3 Å². The van der Waals surface area contributed by atoms with Gasteiger partial charge in [-0.3, -0.25) is 0 Å². The summed E-state index contributed by atoms with van der Waals surface area (Å²) in [6.07, 6.45) is 1.98. The molecule has 0 radical (unpaired) electrons. The molecule has 0 aliphatic rings. The first kappa shape index (κ1) is 11.3. The normalized spacial score (nSPS) is 13.0. The Morgan fingerprint density at radius 1 is 1.50 bits per heavy atom. The van der Waals surface area contributed by atoms with Gasteiger partial charge in [-0.2, -0.15) is 0 Å². The van der Waals surface area contributed by atoms with Crippen molar-refractivity contribution in [3.63, 3.8) is 0 Å². The lowest BCUT2D eigenvalue weighted by atomic mass is 10.0. The number of hydrogen-bond donors (Lipinski definition) is 2. The van der Waals surface area contributed by atoms with Crippen molar-refractivity contribution in [2.75, 3.05) is 13.7 Å².